The summed E-state index contributed by atoms with van der Waals surface area (Å²) in [7, 11) is 2.97. The van der Waals surface area contributed by atoms with E-state index in [-0.39, 0.29) is 11.3 Å². The highest BCUT2D eigenvalue weighted by Gasteiger charge is 2.33. The van der Waals surface area contributed by atoms with Gasteiger partial charge in [0, 0.05) is 11.1 Å². The Labute approximate surface area is 167 Å². The molecule has 2 aromatic heterocycles. The first kappa shape index (κ1) is 19.6. The van der Waals surface area contributed by atoms with Gasteiger partial charge in [0.1, 0.15) is 5.82 Å². The molecule has 0 aliphatic carbocycles. The summed E-state index contributed by atoms with van der Waals surface area (Å²) in [5.41, 5.74) is 0.530. The van der Waals surface area contributed by atoms with Gasteiger partial charge in [0.15, 0.2) is 17.2 Å². The van der Waals surface area contributed by atoms with Gasteiger partial charge in [-0.3, -0.25) is 0 Å². The number of rotatable bonds is 4. The van der Waals surface area contributed by atoms with Gasteiger partial charge in [-0.15, -0.1) is 0 Å². The molecule has 0 aliphatic rings. The molecular formula is C20H14F4N4O2. The molecular weight excluding hydrogens is 404 g/mol. The number of fused-ring (bicyclic) bond motifs is 1. The van der Waals surface area contributed by atoms with Crippen LogP contribution in [0.4, 0.5) is 17.6 Å². The van der Waals surface area contributed by atoms with Crippen LogP contribution < -0.4 is 9.47 Å². The molecule has 0 spiro atoms. The number of hydrogen-bond donors (Lipinski definition) is 0. The van der Waals surface area contributed by atoms with Crippen LogP contribution in [0.25, 0.3) is 28.2 Å². The minimum Gasteiger partial charge on any atom is -0.493 e. The van der Waals surface area contributed by atoms with Crippen LogP contribution in [0.2, 0.25) is 0 Å². The molecule has 2 heterocycles. The first-order chi connectivity index (χ1) is 14.3. The highest BCUT2D eigenvalue weighted by atomic mass is 19.4. The van der Waals surface area contributed by atoms with Crippen molar-refractivity contribution in [2.45, 2.75) is 6.18 Å². The smallest absolute Gasteiger partial charge is 0.435 e. The zero-order chi connectivity index (χ0) is 21.5. The van der Waals surface area contributed by atoms with Gasteiger partial charge >= 0.3 is 6.18 Å². The third kappa shape index (κ3) is 3.40. The minimum absolute atomic E-state index is 0.211. The quantitative estimate of drug-likeness (QED) is 0.452. The first-order valence-corrected chi connectivity index (χ1v) is 8.62. The average molecular weight is 418 g/mol. The van der Waals surface area contributed by atoms with Crippen molar-refractivity contribution < 1.29 is 27.0 Å². The summed E-state index contributed by atoms with van der Waals surface area (Å²) >= 11 is 0. The monoisotopic (exact) mass is 418 g/mol. The highest BCUT2D eigenvalue weighted by molar-refractivity contribution is 5.74. The molecule has 4 aromatic rings. The standard InChI is InChI=1S/C20H14F4N4O2/c1-29-16-6-4-11(8-17(16)30-2)13-7-12(3-5-14(13)21)15-9-25-19-27-18(20(22,23)24)10-26-28(15)19/h3-10H,1-2H3. The third-order valence-electron chi connectivity index (χ3n) is 4.48. The Balaban J connectivity index is 1.81. The van der Waals surface area contributed by atoms with Gasteiger partial charge in [-0.2, -0.15) is 22.8 Å². The van der Waals surface area contributed by atoms with E-state index in [2.05, 4.69) is 15.1 Å². The second kappa shape index (κ2) is 7.29. The average Bonchev–Trinajstić information content (AvgIpc) is 3.16. The maximum absolute atomic E-state index is 14.6. The Morgan fingerprint density at radius 1 is 0.900 bits per heavy atom. The van der Waals surface area contributed by atoms with Gasteiger partial charge in [0.2, 0.25) is 0 Å². The van der Waals surface area contributed by atoms with E-state index < -0.39 is 17.7 Å². The number of alkyl halides is 3. The van der Waals surface area contributed by atoms with Crippen molar-refractivity contribution in [1.82, 2.24) is 19.6 Å². The Hall–Kier alpha value is -3.69. The SMILES string of the molecule is COc1ccc(-c2cc(-c3cnc4nc(C(F)(F)F)cnn34)ccc2F)cc1OC. The van der Waals surface area contributed by atoms with E-state index in [0.29, 0.717) is 34.5 Å². The number of nitrogens with zero attached hydrogens (tertiary/aromatic N) is 4. The molecule has 6 nitrogen and oxygen atoms in total. The Morgan fingerprint density at radius 3 is 2.33 bits per heavy atom. The number of imidazole rings is 1. The molecule has 154 valence electrons. The predicted octanol–water partition coefficient (Wildman–Crippen LogP) is 4.63. The van der Waals surface area contributed by atoms with E-state index >= 15 is 0 Å². The molecule has 0 saturated carbocycles. The lowest BCUT2D eigenvalue weighted by molar-refractivity contribution is -0.141. The van der Waals surface area contributed by atoms with Gasteiger partial charge < -0.3 is 9.47 Å². The summed E-state index contributed by atoms with van der Waals surface area (Å²) in [5, 5.41) is 3.80. The fraction of sp³-hybridized carbons (Fsp3) is 0.150. The second-order valence-electron chi connectivity index (χ2n) is 6.26. The Morgan fingerprint density at radius 2 is 1.63 bits per heavy atom. The normalized spacial score (nSPS) is 11.7. The Kier molecular flexibility index (Phi) is 4.76. The summed E-state index contributed by atoms with van der Waals surface area (Å²) in [6.45, 7) is 0. The molecule has 0 fully saturated rings. The van der Waals surface area contributed by atoms with Gasteiger partial charge in [-0.05, 0) is 35.9 Å². The number of halogens is 4. The zero-order valence-electron chi connectivity index (χ0n) is 15.7. The van der Waals surface area contributed by atoms with Gasteiger partial charge in [-0.1, -0.05) is 6.07 Å². The molecule has 10 heteroatoms. The summed E-state index contributed by atoms with van der Waals surface area (Å²) in [6, 6.07) is 9.26. The molecule has 4 rings (SSSR count). The number of methoxy groups -OCH3 is 2. The van der Waals surface area contributed by atoms with E-state index in [9.17, 15) is 17.6 Å². The molecule has 0 unspecified atom stereocenters. The van der Waals surface area contributed by atoms with Crippen molar-refractivity contribution in [3.8, 4) is 33.9 Å². The molecule has 0 radical (unpaired) electrons. The van der Waals surface area contributed by atoms with Crippen LogP contribution in [0.3, 0.4) is 0 Å². The van der Waals surface area contributed by atoms with Crippen LogP contribution in [0, 0.1) is 5.82 Å². The van der Waals surface area contributed by atoms with Crippen LogP contribution in [0.5, 0.6) is 11.5 Å². The van der Waals surface area contributed by atoms with E-state index in [4.69, 9.17) is 9.47 Å². The molecule has 0 aliphatic heterocycles. The van der Waals surface area contributed by atoms with Crippen molar-refractivity contribution in [3.63, 3.8) is 0 Å². The highest BCUT2D eigenvalue weighted by Crippen LogP contribution is 2.35. The Bertz CT molecular complexity index is 1240. The molecule has 2 aromatic carbocycles. The van der Waals surface area contributed by atoms with Crippen LogP contribution in [0.1, 0.15) is 5.69 Å². The zero-order valence-corrected chi connectivity index (χ0v) is 15.7. The van der Waals surface area contributed by atoms with E-state index in [0.717, 1.165) is 0 Å². The van der Waals surface area contributed by atoms with Crippen LogP contribution in [-0.2, 0) is 6.18 Å². The number of ether oxygens (including phenoxy) is 2. The lowest BCUT2D eigenvalue weighted by Crippen LogP contribution is -2.11. The van der Waals surface area contributed by atoms with Gasteiger partial charge in [-0.25, -0.2) is 14.4 Å². The van der Waals surface area contributed by atoms with Crippen molar-refractivity contribution in [2.24, 2.45) is 0 Å². The fourth-order valence-corrected chi connectivity index (χ4v) is 3.02. The largest absolute Gasteiger partial charge is 0.493 e. The van der Waals surface area contributed by atoms with Crippen molar-refractivity contribution in [1.29, 1.82) is 0 Å². The molecule has 0 N–H and O–H groups in total. The maximum Gasteiger partial charge on any atom is 0.435 e. The fourth-order valence-electron chi connectivity index (χ4n) is 3.02. The molecule has 0 atom stereocenters. The van der Waals surface area contributed by atoms with E-state index in [1.165, 1.54) is 37.1 Å². The van der Waals surface area contributed by atoms with Gasteiger partial charge in [0.25, 0.3) is 5.78 Å². The van der Waals surface area contributed by atoms with Crippen LogP contribution in [0.15, 0.2) is 48.8 Å². The van der Waals surface area contributed by atoms with E-state index in [1.54, 1.807) is 24.3 Å². The third-order valence-corrected chi connectivity index (χ3v) is 4.48. The first-order valence-electron chi connectivity index (χ1n) is 8.62. The predicted molar refractivity (Wildman–Crippen MR) is 99.7 cm³/mol. The van der Waals surface area contributed by atoms with Crippen LogP contribution >= 0.6 is 0 Å². The maximum atomic E-state index is 14.6. The van der Waals surface area contributed by atoms with Crippen molar-refractivity contribution >= 4 is 5.78 Å². The number of aromatic nitrogens is 4. The van der Waals surface area contributed by atoms with E-state index in [1.807, 2.05) is 0 Å². The molecule has 30 heavy (non-hydrogen) atoms. The molecule has 0 amide bonds. The topological polar surface area (TPSA) is 61.5 Å². The summed E-state index contributed by atoms with van der Waals surface area (Å²) in [5.74, 6) is 0.234. The molecule has 0 bridgehead atoms. The van der Waals surface area contributed by atoms with Crippen LogP contribution in [-0.4, -0.2) is 33.8 Å². The summed E-state index contributed by atoms with van der Waals surface area (Å²) in [4.78, 5) is 7.40. The lowest BCUT2D eigenvalue weighted by Gasteiger charge is -2.11. The van der Waals surface area contributed by atoms with Gasteiger partial charge in [0.05, 0.1) is 32.3 Å². The number of hydrogen-bond acceptors (Lipinski definition) is 5. The number of benzene rings is 2. The van der Waals surface area contributed by atoms with Crippen molar-refractivity contribution in [2.75, 3.05) is 14.2 Å². The molecule has 0 saturated heterocycles. The lowest BCUT2D eigenvalue weighted by atomic mass is 10.0. The van der Waals surface area contributed by atoms with Crippen molar-refractivity contribution in [3.05, 3.63) is 60.3 Å². The second-order valence-corrected chi connectivity index (χ2v) is 6.26. The minimum atomic E-state index is -4.63. The summed E-state index contributed by atoms with van der Waals surface area (Å²) < 4.78 is 64.7. The summed E-state index contributed by atoms with van der Waals surface area (Å²) in [6.07, 6.45) is -2.67.